The van der Waals surface area contributed by atoms with Crippen LogP contribution in [0.25, 0.3) is 0 Å². The van der Waals surface area contributed by atoms with E-state index in [0.717, 1.165) is 31.7 Å². The molecular weight excluding hydrogens is 312 g/mol. The first-order chi connectivity index (χ1) is 10.9. The molecular formula is C16H26N4O2S. The van der Waals surface area contributed by atoms with Gasteiger partial charge in [0.1, 0.15) is 5.82 Å². The fraction of sp³-hybridized carbons (Fsp3) is 0.688. The van der Waals surface area contributed by atoms with Crippen LogP contribution in [-0.4, -0.2) is 50.2 Å². The number of nitrogens with one attached hydrogen (secondary N) is 1. The molecule has 7 heteroatoms. The van der Waals surface area contributed by atoms with Gasteiger partial charge in [0.2, 0.25) is 5.91 Å². The smallest absolute Gasteiger partial charge is 0.223 e. The van der Waals surface area contributed by atoms with Crippen molar-refractivity contribution >= 4 is 22.5 Å². The first-order valence-corrected chi connectivity index (χ1v) is 9.37. The number of rotatable bonds is 5. The molecule has 0 bridgehead atoms. The van der Waals surface area contributed by atoms with Crippen molar-refractivity contribution in [3.63, 3.8) is 0 Å². The van der Waals surface area contributed by atoms with Crippen molar-refractivity contribution < 1.29 is 9.00 Å². The summed E-state index contributed by atoms with van der Waals surface area (Å²) in [5.74, 6) is 1.49. The van der Waals surface area contributed by atoms with E-state index in [0.29, 0.717) is 12.3 Å². The highest BCUT2D eigenvalue weighted by Crippen LogP contribution is 2.21. The number of nitrogens with zero attached hydrogens (tertiary/aromatic N) is 3. The molecule has 1 N–H and O–H groups in total. The lowest BCUT2D eigenvalue weighted by Gasteiger charge is -2.31. The molecule has 1 aromatic rings. The average Bonchev–Trinajstić information content (AvgIpc) is 2.54. The summed E-state index contributed by atoms with van der Waals surface area (Å²) >= 11 is 0. The number of aromatic nitrogens is 2. The fourth-order valence-corrected chi connectivity index (χ4v) is 3.44. The Bertz CT molecular complexity index is 537. The van der Waals surface area contributed by atoms with Gasteiger partial charge in [0.05, 0.1) is 6.20 Å². The number of hydrogen-bond acceptors (Lipinski definition) is 5. The highest BCUT2D eigenvalue weighted by atomic mass is 32.2. The molecule has 1 aromatic heterocycles. The second-order valence-corrected chi connectivity index (χ2v) is 9.10. The Kier molecular flexibility index (Phi) is 6.10. The molecule has 0 unspecified atom stereocenters. The Morgan fingerprint density at radius 3 is 2.61 bits per heavy atom. The minimum atomic E-state index is -0.927. The summed E-state index contributed by atoms with van der Waals surface area (Å²) in [5, 5.41) is 2.93. The van der Waals surface area contributed by atoms with Crippen LogP contribution in [0.1, 0.15) is 33.6 Å². The predicted molar refractivity (Wildman–Crippen MR) is 92.7 cm³/mol. The van der Waals surface area contributed by atoms with Gasteiger partial charge in [0.15, 0.2) is 0 Å². The number of anilines is 1. The molecule has 1 aliphatic heterocycles. The van der Waals surface area contributed by atoms with Crippen molar-refractivity contribution in [2.24, 2.45) is 5.92 Å². The molecule has 1 saturated heterocycles. The SMILES string of the molecule is CC(C)(C)[S@](=O)CCNC(=O)C1CCN(c2cnccn2)CC1. The molecule has 128 valence electrons. The number of carbonyl (C=O) groups is 1. The third-order valence-corrected chi connectivity index (χ3v) is 5.95. The van der Waals surface area contributed by atoms with Crippen molar-refractivity contribution in [3.05, 3.63) is 18.6 Å². The van der Waals surface area contributed by atoms with E-state index < -0.39 is 10.8 Å². The van der Waals surface area contributed by atoms with Crippen LogP contribution in [0, 0.1) is 5.92 Å². The van der Waals surface area contributed by atoms with Gasteiger partial charge in [0.25, 0.3) is 0 Å². The molecule has 23 heavy (non-hydrogen) atoms. The summed E-state index contributed by atoms with van der Waals surface area (Å²) in [6.45, 7) is 7.95. The number of amides is 1. The lowest BCUT2D eigenvalue weighted by Crippen LogP contribution is -2.42. The zero-order chi connectivity index (χ0) is 16.9. The minimum Gasteiger partial charge on any atom is -0.355 e. The quantitative estimate of drug-likeness (QED) is 0.877. The van der Waals surface area contributed by atoms with E-state index >= 15 is 0 Å². The maximum absolute atomic E-state index is 12.2. The third kappa shape index (κ3) is 5.27. The van der Waals surface area contributed by atoms with Gasteiger partial charge in [-0.05, 0) is 33.6 Å². The number of piperidine rings is 1. The molecule has 1 fully saturated rings. The largest absolute Gasteiger partial charge is 0.355 e. The van der Waals surface area contributed by atoms with Gasteiger partial charge in [-0.25, -0.2) is 4.98 Å². The van der Waals surface area contributed by atoms with Crippen molar-refractivity contribution in [2.45, 2.75) is 38.4 Å². The zero-order valence-corrected chi connectivity index (χ0v) is 14.9. The molecule has 1 amide bonds. The topological polar surface area (TPSA) is 75.2 Å². The van der Waals surface area contributed by atoms with Crippen LogP contribution in [0.15, 0.2) is 18.6 Å². The van der Waals surface area contributed by atoms with Crippen LogP contribution in [0.5, 0.6) is 0 Å². The summed E-state index contributed by atoms with van der Waals surface area (Å²) in [5.41, 5.74) is 0. The molecule has 0 radical (unpaired) electrons. The summed E-state index contributed by atoms with van der Waals surface area (Å²) in [6.07, 6.45) is 6.71. The summed E-state index contributed by atoms with van der Waals surface area (Å²) in [6, 6.07) is 0. The van der Waals surface area contributed by atoms with Crippen LogP contribution < -0.4 is 10.2 Å². The minimum absolute atomic E-state index is 0.0333. The summed E-state index contributed by atoms with van der Waals surface area (Å²) in [4.78, 5) is 22.7. The van der Waals surface area contributed by atoms with E-state index in [1.807, 2.05) is 20.8 Å². The van der Waals surface area contributed by atoms with E-state index in [4.69, 9.17) is 0 Å². The van der Waals surface area contributed by atoms with E-state index in [1.165, 1.54) is 0 Å². The van der Waals surface area contributed by atoms with E-state index in [9.17, 15) is 9.00 Å². The van der Waals surface area contributed by atoms with Gasteiger partial charge in [0, 0.05) is 59.2 Å². The highest BCUT2D eigenvalue weighted by Gasteiger charge is 2.26. The predicted octanol–water partition coefficient (Wildman–Crippen LogP) is 1.36. The Hall–Kier alpha value is -1.50. The molecule has 0 saturated carbocycles. The van der Waals surface area contributed by atoms with Crippen LogP contribution in [0.2, 0.25) is 0 Å². The van der Waals surface area contributed by atoms with Gasteiger partial charge in [-0.15, -0.1) is 0 Å². The Morgan fingerprint density at radius 2 is 2.04 bits per heavy atom. The van der Waals surface area contributed by atoms with Gasteiger partial charge < -0.3 is 10.2 Å². The number of hydrogen-bond donors (Lipinski definition) is 1. The van der Waals surface area contributed by atoms with Gasteiger partial charge in [-0.3, -0.25) is 14.0 Å². The standard InChI is InChI=1S/C16H26N4O2S/c1-16(2,3)23(22)11-8-19-15(21)13-4-9-20(10-5-13)14-12-17-6-7-18-14/h6-7,12-13H,4-5,8-11H2,1-3H3,(H,19,21)/t23-/m1/s1. The van der Waals surface area contributed by atoms with Crippen molar-refractivity contribution in [1.82, 2.24) is 15.3 Å². The van der Waals surface area contributed by atoms with Crippen LogP contribution in [0.4, 0.5) is 5.82 Å². The maximum atomic E-state index is 12.2. The van der Waals surface area contributed by atoms with Gasteiger partial charge in [-0.2, -0.15) is 0 Å². The monoisotopic (exact) mass is 338 g/mol. The molecule has 6 nitrogen and oxygen atoms in total. The summed E-state index contributed by atoms with van der Waals surface area (Å²) in [7, 11) is -0.927. The van der Waals surface area contributed by atoms with Gasteiger partial charge in [-0.1, -0.05) is 0 Å². The molecule has 1 aliphatic rings. The van der Waals surface area contributed by atoms with Crippen LogP contribution >= 0.6 is 0 Å². The first kappa shape index (κ1) is 17.8. The maximum Gasteiger partial charge on any atom is 0.223 e. The van der Waals surface area contributed by atoms with Crippen LogP contribution in [-0.2, 0) is 15.6 Å². The summed E-state index contributed by atoms with van der Waals surface area (Å²) < 4.78 is 11.7. The Labute approximate surface area is 140 Å². The Balaban J connectivity index is 1.73. The van der Waals surface area contributed by atoms with Crippen LogP contribution in [0.3, 0.4) is 0 Å². The van der Waals surface area contributed by atoms with E-state index in [-0.39, 0.29) is 16.6 Å². The molecule has 2 heterocycles. The zero-order valence-electron chi connectivity index (χ0n) is 14.1. The van der Waals surface area contributed by atoms with Crippen molar-refractivity contribution in [2.75, 3.05) is 30.3 Å². The normalized spacial score (nSPS) is 17.8. The fourth-order valence-electron chi connectivity index (χ4n) is 2.54. The molecule has 0 spiro atoms. The average molecular weight is 338 g/mol. The molecule has 0 aromatic carbocycles. The Morgan fingerprint density at radius 1 is 1.35 bits per heavy atom. The highest BCUT2D eigenvalue weighted by molar-refractivity contribution is 7.86. The molecule has 2 rings (SSSR count). The second-order valence-electron chi connectivity index (χ2n) is 6.78. The molecule has 0 aliphatic carbocycles. The van der Waals surface area contributed by atoms with Gasteiger partial charge >= 0.3 is 0 Å². The van der Waals surface area contributed by atoms with Crippen molar-refractivity contribution in [1.29, 1.82) is 0 Å². The molecule has 1 atom stereocenters. The first-order valence-electron chi connectivity index (χ1n) is 8.05. The second kappa shape index (κ2) is 7.86. The lowest BCUT2D eigenvalue weighted by atomic mass is 9.96. The van der Waals surface area contributed by atoms with Crippen molar-refractivity contribution in [3.8, 4) is 0 Å². The third-order valence-electron chi connectivity index (χ3n) is 4.01. The lowest BCUT2D eigenvalue weighted by molar-refractivity contribution is -0.125. The number of carbonyl (C=O) groups excluding carboxylic acids is 1. The van der Waals surface area contributed by atoms with E-state index in [1.54, 1.807) is 18.6 Å². The van der Waals surface area contributed by atoms with E-state index in [2.05, 4.69) is 20.2 Å².